The van der Waals surface area contributed by atoms with Gasteiger partial charge in [-0.05, 0) is 60.7 Å². The Bertz CT molecular complexity index is 2160. The molecule has 5 aromatic rings. The van der Waals surface area contributed by atoms with Crippen molar-refractivity contribution in [2.24, 2.45) is 4.99 Å². The SMILES string of the molecule is CCOC(=O)C1=C(c2ccccc2)N=c2s/c(=C\c3cccc(OCc4ccccc4C#N)c3)c(=O)n2[C@H]1c1ccc(SC)cc1. The van der Waals surface area contributed by atoms with Crippen molar-refractivity contribution >= 4 is 40.8 Å². The summed E-state index contributed by atoms with van der Waals surface area (Å²) >= 11 is 2.89. The second-order valence-corrected chi connectivity index (χ2v) is 12.2. The number of hydrogen-bond donors (Lipinski definition) is 0. The number of rotatable bonds is 9. The van der Waals surface area contributed by atoms with Gasteiger partial charge in [0.1, 0.15) is 12.4 Å². The van der Waals surface area contributed by atoms with Gasteiger partial charge in [0, 0.05) is 16.0 Å². The van der Waals surface area contributed by atoms with E-state index in [1.54, 1.807) is 29.3 Å². The Morgan fingerprint density at radius 3 is 2.52 bits per heavy atom. The molecule has 6 rings (SSSR count). The van der Waals surface area contributed by atoms with Crippen LogP contribution < -0.4 is 19.6 Å². The first-order valence-electron chi connectivity index (χ1n) is 14.6. The predicted molar refractivity (Wildman–Crippen MR) is 181 cm³/mol. The fourth-order valence-corrected chi connectivity index (χ4v) is 6.71. The van der Waals surface area contributed by atoms with Gasteiger partial charge in [-0.25, -0.2) is 9.79 Å². The minimum Gasteiger partial charge on any atom is -0.489 e. The maximum atomic E-state index is 14.2. The van der Waals surface area contributed by atoms with Crippen LogP contribution in [-0.4, -0.2) is 23.4 Å². The zero-order valence-electron chi connectivity index (χ0n) is 25.2. The van der Waals surface area contributed by atoms with Gasteiger partial charge in [0.05, 0.1) is 40.1 Å². The molecular formula is C37H29N3O4S2. The van der Waals surface area contributed by atoms with E-state index in [0.717, 1.165) is 27.1 Å². The monoisotopic (exact) mass is 643 g/mol. The first kappa shape index (κ1) is 30.8. The molecule has 0 saturated heterocycles. The number of esters is 1. The van der Waals surface area contributed by atoms with Gasteiger partial charge >= 0.3 is 5.97 Å². The Balaban J connectivity index is 1.47. The predicted octanol–water partition coefficient (Wildman–Crippen LogP) is 6.11. The Kier molecular flexibility index (Phi) is 9.29. The normalized spacial score (nSPS) is 14.3. The van der Waals surface area contributed by atoms with Crippen molar-refractivity contribution in [1.29, 1.82) is 5.26 Å². The van der Waals surface area contributed by atoms with E-state index in [0.29, 0.717) is 31.9 Å². The first-order chi connectivity index (χ1) is 22.5. The van der Waals surface area contributed by atoms with E-state index in [-0.39, 0.29) is 18.8 Å². The lowest BCUT2D eigenvalue weighted by Gasteiger charge is -2.26. The van der Waals surface area contributed by atoms with E-state index in [2.05, 4.69) is 6.07 Å². The molecule has 0 N–H and O–H groups in total. The summed E-state index contributed by atoms with van der Waals surface area (Å²) < 4.78 is 13.6. The highest BCUT2D eigenvalue weighted by Gasteiger charge is 2.35. The average molecular weight is 644 g/mol. The Hall–Kier alpha value is -5.17. The van der Waals surface area contributed by atoms with Crippen LogP contribution >= 0.6 is 23.1 Å². The summed E-state index contributed by atoms with van der Waals surface area (Å²) in [7, 11) is 0. The number of hydrogen-bond acceptors (Lipinski definition) is 8. The number of carbonyl (C=O) groups is 1. The quantitative estimate of drug-likeness (QED) is 0.142. The molecule has 1 aromatic heterocycles. The van der Waals surface area contributed by atoms with Gasteiger partial charge in [-0.1, -0.05) is 84.1 Å². The van der Waals surface area contributed by atoms with Crippen molar-refractivity contribution in [3.63, 3.8) is 0 Å². The van der Waals surface area contributed by atoms with E-state index in [1.807, 2.05) is 109 Å². The number of benzene rings is 4. The van der Waals surface area contributed by atoms with E-state index in [9.17, 15) is 14.9 Å². The highest BCUT2D eigenvalue weighted by atomic mass is 32.2. The molecule has 9 heteroatoms. The highest BCUT2D eigenvalue weighted by molar-refractivity contribution is 7.98. The summed E-state index contributed by atoms with van der Waals surface area (Å²) in [5, 5.41) is 9.41. The van der Waals surface area contributed by atoms with E-state index >= 15 is 0 Å². The summed E-state index contributed by atoms with van der Waals surface area (Å²) in [4.78, 5) is 34.3. The van der Waals surface area contributed by atoms with Crippen molar-refractivity contribution in [2.75, 3.05) is 12.9 Å². The Labute approximate surface area is 274 Å². The van der Waals surface area contributed by atoms with Crippen molar-refractivity contribution < 1.29 is 14.3 Å². The zero-order valence-corrected chi connectivity index (χ0v) is 26.8. The third-order valence-corrected chi connectivity index (χ3v) is 9.22. The van der Waals surface area contributed by atoms with Crippen molar-refractivity contribution in [3.8, 4) is 11.8 Å². The van der Waals surface area contributed by atoms with Crippen LogP contribution in [0.25, 0.3) is 11.8 Å². The average Bonchev–Trinajstić information content (AvgIpc) is 3.41. The molecule has 0 aliphatic carbocycles. The van der Waals surface area contributed by atoms with E-state index < -0.39 is 12.0 Å². The van der Waals surface area contributed by atoms with Crippen LogP contribution in [0.15, 0.2) is 123 Å². The fourth-order valence-electron chi connectivity index (χ4n) is 5.30. The number of thiazole rings is 1. The van der Waals surface area contributed by atoms with Gasteiger partial charge in [-0.3, -0.25) is 9.36 Å². The summed E-state index contributed by atoms with van der Waals surface area (Å²) in [5.41, 5.74) is 4.21. The van der Waals surface area contributed by atoms with Crippen LogP contribution in [0, 0.1) is 11.3 Å². The van der Waals surface area contributed by atoms with Gasteiger partial charge in [-0.2, -0.15) is 5.26 Å². The summed E-state index contributed by atoms with van der Waals surface area (Å²) in [6.07, 6.45) is 3.81. The maximum Gasteiger partial charge on any atom is 0.338 e. The molecule has 0 bridgehead atoms. The standard InChI is InChI=1S/C37H29N3O4S2/c1-3-43-36(42)32-33(25-11-5-4-6-12-25)39-37-40(34(32)26-16-18-30(45-2)19-17-26)35(41)31(46-37)21-24-10-9-15-29(20-24)44-23-28-14-8-7-13-27(28)22-38/h4-21,34H,3,23H2,1-2H3/b31-21-/t34-/m0/s1. The number of nitriles is 1. The topological polar surface area (TPSA) is 93.7 Å². The van der Waals surface area contributed by atoms with Gasteiger partial charge in [0.25, 0.3) is 5.56 Å². The largest absolute Gasteiger partial charge is 0.489 e. The molecule has 0 unspecified atom stereocenters. The summed E-state index contributed by atoms with van der Waals surface area (Å²) in [5.74, 6) is 0.0955. The molecule has 46 heavy (non-hydrogen) atoms. The molecule has 7 nitrogen and oxygen atoms in total. The van der Waals surface area contributed by atoms with Crippen LogP contribution in [0.5, 0.6) is 5.75 Å². The molecule has 0 spiro atoms. The van der Waals surface area contributed by atoms with Crippen molar-refractivity contribution in [2.45, 2.75) is 24.5 Å². The first-order valence-corrected chi connectivity index (χ1v) is 16.7. The van der Waals surface area contributed by atoms with Gasteiger partial charge in [0.2, 0.25) is 0 Å². The third-order valence-electron chi connectivity index (χ3n) is 7.49. The number of thioether (sulfide) groups is 1. The van der Waals surface area contributed by atoms with Crippen LogP contribution in [0.1, 0.15) is 40.8 Å². The Morgan fingerprint density at radius 1 is 1.02 bits per heavy atom. The van der Waals surface area contributed by atoms with E-state index in [1.165, 1.54) is 11.3 Å². The molecule has 1 atom stereocenters. The lowest BCUT2D eigenvalue weighted by Crippen LogP contribution is -2.40. The highest BCUT2D eigenvalue weighted by Crippen LogP contribution is 2.35. The molecule has 0 radical (unpaired) electrons. The maximum absolute atomic E-state index is 14.2. The lowest BCUT2D eigenvalue weighted by molar-refractivity contribution is -0.138. The number of ether oxygens (including phenoxy) is 2. The number of fused-ring (bicyclic) bond motifs is 1. The number of nitrogens with zero attached hydrogens (tertiary/aromatic N) is 3. The second kappa shape index (κ2) is 13.9. The minimum absolute atomic E-state index is 0.188. The van der Waals surface area contributed by atoms with Crippen LogP contribution in [-0.2, 0) is 16.1 Å². The van der Waals surface area contributed by atoms with E-state index in [4.69, 9.17) is 14.5 Å². The number of aromatic nitrogens is 1. The molecule has 1 aliphatic rings. The van der Waals surface area contributed by atoms with Crippen molar-refractivity contribution in [1.82, 2.24) is 4.57 Å². The lowest BCUT2D eigenvalue weighted by atomic mass is 9.93. The molecule has 228 valence electrons. The van der Waals surface area contributed by atoms with Crippen molar-refractivity contribution in [3.05, 3.63) is 156 Å². The molecule has 0 amide bonds. The molecule has 2 heterocycles. The zero-order chi connectivity index (χ0) is 32.0. The fraction of sp³-hybridized carbons (Fsp3) is 0.135. The third kappa shape index (κ3) is 6.31. The molecule has 4 aromatic carbocycles. The van der Waals surface area contributed by atoms with Crippen LogP contribution in [0.3, 0.4) is 0 Å². The van der Waals surface area contributed by atoms with Gasteiger partial charge < -0.3 is 9.47 Å². The van der Waals surface area contributed by atoms with Gasteiger partial charge in [0.15, 0.2) is 4.80 Å². The summed E-state index contributed by atoms with van der Waals surface area (Å²) in [6.45, 7) is 2.19. The molecule has 1 aliphatic heterocycles. The van der Waals surface area contributed by atoms with Crippen LogP contribution in [0.2, 0.25) is 0 Å². The number of carbonyl (C=O) groups excluding carboxylic acids is 1. The minimum atomic E-state index is -0.738. The molecule has 0 fully saturated rings. The van der Waals surface area contributed by atoms with Gasteiger partial charge in [-0.15, -0.1) is 11.8 Å². The Morgan fingerprint density at radius 2 is 1.78 bits per heavy atom. The molecular weight excluding hydrogens is 615 g/mol. The second-order valence-electron chi connectivity index (χ2n) is 10.3. The smallest absolute Gasteiger partial charge is 0.338 e. The summed E-state index contributed by atoms with van der Waals surface area (Å²) in [6, 6.07) is 33.6. The molecule has 0 saturated carbocycles. The van der Waals surface area contributed by atoms with Crippen LogP contribution in [0.4, 0.5) is 0 Å².